The summed E-state index contributed by atoms with van der Waals surface area (Å²) >= 11 is 0. The van der Waals surface area contributed by atoms with Crippen molar-refractivity contribution in [1.29, 1.82) is 0 Å². The molecule has 2 N–H and O–H groups in total. The summed E-state index contributed by atoms with van der Waals surface area (Å²) in [5.41, 5.74) is 6.57. The number of morpholine rings is 1. The number of aryl methyl sites for hydroxylation is 1. The van der Waals surface area contributed by atoms with Crippen LogP contribution in [-0.2, 0) is 17.7 Å². The predicted molar refractivity (Wildman–Crippen MR) is 83.1 cm³/mol. The second-order valence-corrected chi connectivity index (χ2v) is 6.02. The molecule has 0 aromatic carbocycles. The average molecular weight is 295 g/mol. The van der Waals surface area contributed by atoms with Gasteiger partial charge in [0.25, 0.3) is 0 Å². The minimum Gasteiger partial charge on any atom is -0.379 e. The van der Waals surface area contributed by atoms with Crippen LogP contribution in [-0.4, -0.2) is 57.5 Å². The van der Waals surface area contributed by atoms with E-state index in [4.69, 9.17) is 10.5 Å². The predicted octanol–water partition coefficient (Wildman–Crippen LogP) is 1.06. The fourth-order valence-corrected chi connectivity index (χ4v) is 3.06. The first-order chi connectivity index (χ1) is 10.1. The van der Waals surface area contributed by atoms with Gasteiger partial charge in [-0.25, -0.2) is 4.98 Å². The first kappa shape index (κ1) is 16.4. The Bertz CT molecular complexity index is 429. The van der Waals surface area contributed by atoms with Crippen LogP contribution in [0.25, 0.3) is 0 Å². The van der Waals surface area contributed by atoms with Crippen molar-refractivity contribution in [2.45, 2.75) is 58.2 Å². The zero-order valence-electron chi connectivity index (χ0n) is 13.6. The summed E-state index contributed by atoms with van der Waals surface area (Å²) in [5, 5.41) is 4.30. The van der Waals surface area contributed by atoms with Gasteiger partial charge in [0.05, 0.1) is 13.2 Å². The number of hydrogen-bond acceptors (Lipinski definition) is 5. The van der Waals surface area contributed by atoms with Crippen LogP contribution in [0.3, 0.4) is 0 Å². The van der Waals surface area contributed by atoms with E-state index in [-0.39, 0.29) is 11.6 Å². The molecule has 6 nitrogen and oxygen atoms in total. The van der Waals surface area contributed by atoms with Crippen molar-refractivity contribution >= 4 is 0 Å². The molecule has 1 saturated heterocycles. The maximum Gasteiger partial charge on any atom is 0.138 e. The lowest BCUT2D eigenvalue weighted by Gasteiger charge is -2.46. The van der Waals surface area contributed by atoms with E-state index in [2.05, 4.69) is 35.8 Å². The van der Waals surface area contributed by atoms with E-state index in [1.54, 1.807) is 6.33 Å². The highest BCUT2D eigenvalue weighted by Crippen LogP contribution is 2.25. The highest BCUT2D eigenvalue weighted by atomic mass is 16.5. The van der Waals surface area contributed by atoms with Crippen LogP contribution in [0, 0.1) is 0 Å². The summed E-state index contributed by atoms with van der Waals surface area (Å²) < 4.78 is 7.45. The molecule has 0 bridgehead atoms. The zero-order valence-corrected chi connectivity index (χ0v) is 13.6. The first-order valence-corrected chi connectivity index (χ1v) is 8.06. The third-order valence-corrected chi connectivity index (χ3v) is 4.78. The fourth-order valence-electron chi connectivity index (χ4n) is 3.06. The summed E-state index contributed by atoms with van der Waals surface area (Å²) in [5.74, 6) is 0.997. The lowest BCUT2D eigenvalue weighted by molar-refractivity contribution is -0.0275. The van der Waals surface area contributed by atoms with Gasteiger partial charge in [-0.1, -0.05) is 13.8 Å². The van der Waals surface area contributed by atoms with Crippen LogP contribution in [0.1, 0.15) is 39.4 Å². The van der Waals surface area contributed by atoms with E-state index >= 15 is 0 Å². The third kappa shape index (κ3) is 3.62. The van der Waals surface area contributed by atoms with E-state index in [0.717, 1.165) is 57.9 Å². The fraction of sp³-hybridized carbons (Fsp3) is 0.867. The van der Waals surface area contributed by atoms with Crippen molar-refractivity contribution in [3.8, 4) is 0 Å². The van der Waals surface area contributed by atoms with E-state index < -0.39 is 0 Å². The summed E-state index contributed by atoms with van der Waals surface area (Å²) in [4.78, 5) is 6.87. The highest BCUT2D eigenvalue weighted by molar-refractivity contribution is 5.01. The number of nitrogens with two attached hydrogens (primary N) is 1. The molecular formula is C15H29N5O. The van der Waals surface area contributed by atoms with Crippen molar-refractivity contribution in [2.24, 2.45) is 5.73 Å². The first-order valence-electron chi connectivity index (χ1n) is 8.06. The summed E-state index contributed by atoms with van der Waals surface area (Å²) in [7, 11) is 0. The van der Waals surface area contributed by atoms with E-state index in [1.807, 2.05) is 4.68 Å². The lowest BCUT2D eigenvalue weighted by Crippen LogP contribution is -2.61. The molecule has 2 rings (SSSR count). The van der Waals surface area contributed by atoms with Gasteiger partial charge in [0.1, 0.15) is 12.2 Å². The van der Waals surface area contributed by atoms with E-state index in [0.29, 0.717) is 0 Å². The molecular weight excluding hydrogens is 266 g/mol. The van der Waals surface area contributed by atoms with Gasteiger partial charge in [0.2, 0.25) is 0 Å². The summed E-state index contributed by atoms with van der Waals surface area (Å²) in [6.45, 7) is 11.1. The molecule has 0 aliphatic carbocycles. The Balaban J connectivity index is 2.08. The maximum absolute atomic E-state index is 6.59. The molecule has 1 aromatic rings. The Kier molecular flexibility index (Phi) is 5.72. The van der Waals surface area contributed by atoms with Gasteiger partial charge in [-0.15, -0.1) is 0 Å². The largest absolute Gasteiger partial charge is 0.379 e. The third-order valence-electron chi connectivity index (χ3n) is 4.78. The van der Waals surface area contributed by atoms with Gasteiger partial charge in [0, 0.05) is 37.6 Å². The second-order valence-electron chi connectivity index (χ2n) is 6.02. The van der Waals surface area contributed by atoms with Crippen LogP contribution in [0.5, 0.6) is 0 Å². The number of rotatable bonds is 7. The molecule has 1 aliphatic heterocycles. The van der Waals surface area contributed by atoms with Crippen molar-refractivity contribution in [2.75, 3.05) is 26.3 Å². The lowest BCUT2D eigenvalue weighted by atomic mass is 9.85. The molecule has 0 saturated carbocycles. The molecule has 120 valence electrons. The Morgan fingerprint density at radius 1 is 1.38 bits per heavy atom. The highest BCUT2D eigenvalue weighted by Gasteiger charge is 2.37. The number of hydrogen-bond donors (Lipinski definition) is 1. The quantitative estimate of drug-likeness (QED) is 0.814. The molecule has 21 heavy (non-hydrogen) atoms. The average Bonchev–Trinajstić information content (AvgIpc) is 2.95. The van der Waals surface area contributed by atoms with Gasteiger partial charge < -0.3 is 10.5 Å². The molecule has 1 aliphatic rings. The molecule has 0 amide bonds. The minimum atomic E-state index is -0.0211. The standard InChI is InChI=1S/C15H29N5O/c1-4-6-20-14(17-12-18-20)11-13(16)15(3,5-2)19-7-9-21-10-8-19/h12-13H,4-11,16H2,1-3H3. The zero-order chi connectivity index (χ0) is 15.3. The van der Waals surface area contributed by atoms with E-state index in [9.17, 15) is 0 Å². The molecule has 2 unspecified atom stereocenters. The van der Waals surface area contributed by atoms with Crippen LogP contribution in [0.15, 0.2) is 6.33 Å². The van der Waals surface area contributed by atoms with Gasteiger partial charge >= 0.3 is 0 Å². The van der Waals surface area contributed by atoms with Crippen LogP contribution in [0.2, 0.25) is 0 Å². The topological polar surface area (TPSA) is 69.2 Å². The SMILES string of the molecule is CCCn1ncnc1CC(N)C(C)(CC)N1CCOCC1. The Morgan fingerprint density at radius 2 is 2.10 bits per heavy atom. The molecule has 2 heterocycles. The molecule has 2 atom stereocenters. The number of nitrogens with zero attached hydrogens (tertiary/aromatic N) is 4. The van der Waals surface area contributed by atoms with Crippen LogP contribution in [0.4, 0.5) is 0 Å². The number of ether oxygens (including phenoxy) is 1. The van der Waals surface area contributed by atoms with Crippen molar-refractivity contribution in [3.63, 3.8) is 0 Å². The summed E-state index contributed by atoms with van der Waals surface area (Å²) in [6, 6.07) is 0.0420. The Morgan fingerprint density at radius 3 is 2.71 bits per heavy atom. The molecule has 1 aromatic heterocycles. The molecule has 0 radical (unpaired) electrons. The Hall–Kier alpha value is -0.980. The van der Waals surface area contributed by atoms with Crippen molar-refractivity contribution in [3.05, 3.63) is 12.2 Å². The van der Waals surface area contributed by atoms with E-state index in [1.165, 1.54) is 0 Å². The molecule has 0 spiro atoms. The van der Waals surface area contributed by atoms with Crippen molar-refractivity contribution < 1.29 is 4.74 Å². The van der Waals surface area contributed by atoms with Gasteiger partial charge in [-0.2, -0.15) is 5.10 Å². The molecule has 1 fully saturated rings. The van der Waals surface area contributed by atoms with Crippen molar-refractivity contribution in [1.82, 2.24) is 19.7 Å². The second kappa shape index (κ2) is 7.33. The monoisotopic (exact) mass is 295 g/mol. The smallest absolute Gasteiger partial charge is 0.138 e. The van der Waals surface area contributed by atoms with Gasteiger partial charge in [-0.05, 0) is 19.8 Å². The Labute approximate surface area is 127 Å². The molecule has 6 heteroatoms. The summed E-state index contributed by atoms with van der Waals surface area (Å²) in [6.07, 6.45) is 4.48. The normalized spacial score (nSPS) is 21.1. The van der Waals surface area contributed by atoms with Gasteiger partial charge in [-0.3, -0.25) is 9.58 Å². The van der Waals surface area contributed by atoms with Gasteiger partial charge in [0.15, 0.2) is 0 Å². The van der Waals surface area contributed by atoms with Crippen LogP contribution >= 0.6 is 0 Å². The number of aromatic nitrogens is 3. The van der Waals surface area contributed by atoms with Crippen LogP contribution < -0.4 is 5.73 Å². The maximum atomic E-state index is 6.59. The minimum absolute atomic E-state index is 0.0211.